The zero-order valence-electron chi connectivity index (χ0n) is 15.8. The molecule has 1 heterocycles. The Labute approximate surface area is 160 Å². The molecule has 3 N–H and O–H groups in total. The lowest BCUT2D eigenvalue weighted by molar-refractivity contribution is -0.120. The highest BCUT2D eigenvalue weighted by molar-refractivity contribution is 6.01. The molecule has 0 aliphatic heterocycles. The van der Waals surface area contributed by atoms with E-state index in [4.69, 9.17) is 5.11 Å². The standard InChI is InChI=1S/C22H29N3O2/c26-13-12-23-20-9-8-17-18(24-20)6-1-7-19(17)25-21(27)15-22-10-2-4-16(14-22)5-3-11-22/h1,6-9,16,26H,2-5,10-15H2,(H,23,24)(H,25,27). The molecule has 2 aromatic rings. The van der Waals surface area contributed by atoms with Crippen molar-refractivity contribution < 1.29 is 9.90 Å². The van der Waals surface area contributed by atoms with Gasteiger partial charge >= 0.3 is 0 Å². The number of aromatic nitrogens is 1. The number of carbonyl (C=O) groups excluding carboxylic acids is 1. The molecular formula is C22H29N3O2. The third-order valence-corrected chi connectivity index (χ3v) is 6.32. The number of nitrogens with one attached hydrogen (secondary N) is 2. The molecule has 0 unspecified atom stereocenters. The van der Waals surface area contributed by atoms with Gasteiger partial charge in [-0.05, 0) is 54.9 Å². The smallest absolute Gasteiger partial charge is 0.224 e. The highest BCUT2D eigenvalue weighted by Crippen LogP contribution is 2.51. The first-order chi connectivity index (χ1) is 13.2. The van der Waals surface area contributed by atoms with Crippen molar-refractivity contribution in [3.05, 3.63) is 30.3 Å². The summed E-state index contributed by atoms with van der Waals surface area (Å²) in [7, 11) is 0. The maximum Gasteiger partial charge on any atom is 0.224 e. The summed E-state index contributed by atoms with van der Waals surface area (Å²) in [5.41, 5.74) is 1.90. The van der Waals surface area contributed by atoms with Crippen molar-refractivity contribution in [1.82, 2.24) is 4.98 Å². The van der Waals surface area contributed by atoms with Crippen LogP contribution >= 0.6 is 0 Å². The van der Waals surface area contributed by atoms with Crippen LogP contribution in [-0.2, 0) is 4.79 Å². The van der Waals surface area contributed by atoms with E-state index in [-0.39, 0.29) is 17.9 Å². The van der Waals surface area contributed by atoms with E-state index in [0.29, 0.717) is 13.0 Å². The Morgan fingerprint density at radius 2 is 2.00 bits per heavy atom. The van der Waals surface area contributed by atoms with E-state index in [1.54, 1.807) is 0 Å². The average molecular weight is 367 g/mol. The lowest BCUT2D eigenvalue weighted by Crippen LogP contribution is -2.36. The quantitative estimate of drug-likeness (QED) is 0.710. The van der Waals surface area contributed by atoms with Crippen molar-refractivity contribution in [3.8, 4) is 0 Å². The molecule has 2 fully saturated rings. The number of aliphatic hydroxyl groups is 1. The Balaban J connectivity index is 1.48. The number of pyridine rings is 1. The molecule has 144 valence electrons. The first kappa shape index (κ1) is 18.2. The summed E-state index contributed by atoms with van der Waals surface area (Å²) in [5.74, 6) is 1.70. The minimum atomic E-state index is 0.0679. The van der Waals surface area contributed by atoms with Gasteiger partial charge in [0, 0.05) is 18.4 Å². The maximum absolute atomic E-state index is 12.9. The summed E-state index contributed by atoms with van der Waals surface area (Å²) in [6, 6.07) is 9.69. The van der Waals surface area contributed by atoms with Crippen LogP contribution < -0.4 is 10.6 Å². The Bertz CT molecular complexity index is 810. The molecular weight excluding hydrogens is 338 g/mol. The Hall–Kier alpha value is -2.14. The molecule has 2 aliphatic rings. The minimum absolute atomic E-state index is 0.0679. The van der Waals surface area contributed by atoms with Gasteiger partial charge < -0.3 is 15.7 Å². The van der Waals surface area contributed by atoms with Crippen LogP contribution in [0.15, 0.2) is 30.3 Å². The van der Waals surface area contributed by atoms with E-state index >= 15 is 0 Å². The van der Waals surface area contributed by atoms with Gasteiger partial charge in [0.05, 0.1) is 17.8 Å². The van der Waals surface area contributed by atoms with E-state index in [0.717, 1.165) is 28.3 Å². The monoisotopic (exact) mass is 367 g/mol. The van der Waals surface area contributed by atoms with Crippen molar-refractivity contribution in [1.29, 1.82) is 0 Å². The fourth-order valence-corrected chi connectivity index (χ4v) is 5.15. The second-order valence-electron chi connectivity index (χ2n) is 8.30. The second-order valence-corrected chi connectivity index (χ2v) is 8.30. The van der Waals surface area contributed by atoms with Gasteiger partial charge in [0.25, 0.3) is 0 Å². The summed E-state index contributed by atoms with van der Waals surface area (Å²) in [4.78, 5) is 17.4. The van der Waals surface area contributed by atoms with E-state index in [1.165, 1.54) is 44.9 Å². The third-order valence-electron chi connectivity index (χ3n) is 6.32. The zero-order chi connectivity index (χ0) is 18.7. The van der Waals surface area contributed by atoms with Crippen LogP contribution in [0.1, 0.15) is 51.4 Å². The van der Waals surface area contributed by atoms with Crippen LogP contribution in [0.2, 0.25) is 0 Å². The zero-order valence-corrected chi connectivity index (χ0v) is 15.8. The predicted molar refractivity (Wildman–Crippen MR) is 109 cm³/mol. The number of fused-ring (bicyclic) bond motifs is 3. The predicted octanol–water partition coefficient (Wildman–Crippen LogP) is 4.33. The molecule has 1 amide bonds. The van der Waals surface area contributed by atoms with Crippen LogP contribution in [0.3, 0.4) is 0 Å². The number of benzene rings is 1. The van der Waals surface area contributed by atoms with Gasteiger partial charge in [-0.25, -0.2) is 4.98 Å². The summed E-state index contributed by atoms with van der Waals surface area (Å²) in [6.45, 7) is 0.538. The molecule has 1 aromatic carbocycles. The minimum Gasteiger partial charge on any atom is -0.395 e. The van der Waals surface area contributed by atoms with Gasteiger partial charge in [-0.15, -0.1) is 0 Å². The molecule has 27 heavy (non-hydrogen) atoms. The summed E-state index contributed by atoms with van der Waals surface area (Å²) in [5, 5.41) is 16.1. The summed E-state index contributed by atoms with van der Waals surface area (Å²) < 4.78 is 0. The van der Waals surface area contributed by atoms with E-state index in [9.17, 15) is 4.79 Å². The molecule has 0 radical (unpaired) electrons. The van der Waals surface area contributed by atoms with Gasteiger partial charge in [0.15, 0.2) is 0 Å². The number of rotatable bonds is 6. The van der Waals surface area contributed by atoms with Crippen molar-refractivity contribution in [2.24, 2.45) is 11.3 Å². The van der Waals surface area contributed by atoms with Crippen LogP contribution in [0.5, 0.6) is 0 Å². The number of carbonyl (C=O) groups is 1. The fourth-order valence-electron chi connectivity index (χ4n) is 5.15. The van der Waals surface area contributed by atoms with Crippen molar-refractivity contribution in [2.45, 2.75) is 51.4 Å². The van der Waals surface area contributed by atoms with Crippen molar-refractivity contribution >= 4 is 28.3 Å². The fraction of sp³-hybridized carbons (Fsp3) is 0.545. The van der Waals surface area contributed by atoms with Gasteiger partial charge in [-0.2, -0.15) is 0 Å². The topological polar surface area (TPSA) is 74.2 Å². The van der Waals surface area contributed by atoms with Gasteiger partial charge in [0.1, 0.15) is 5.82 Å². The summed E-state index contributed by atoms with van der Waals surface area (Å²) in [6.07, 6.45) is 9.54. The van der Waals surface area contributed by atoms with Crippen molar-refractivity contribution in [3.63, 3.8) is 0 Å². The normalized spacial score (nSPS) is 24.6. The number of amides is 1. The highest BCUT2D eigenvalue weighted by Gasteiger charge is 2.40. The maximum atomic E-state index is 12.9. The third kappa shape index (κ3) is 4.08. The van der Waals surface area contributed by atoms with Gasteiger partial charge in [-0.3, -0.25) is 4.79 Å². The molecule has 1 aromatic heterocycles. The number of aliphatic hydroxyl groups excluding tert-OH is 1. The van der Waals surface area contributed by atoms with Crippen LogP contribution in [0, 0.1) is 11.3 Å². The Morgan fingerprint density at radius 1 is 1.19 bits per heavy atom. The van der Waals surface area contributed by atoms with Crippen LogP contribution in [0.25, 0.3) is 10.9 Å². The van der Waals surface area contributed by atoms with E-state index in [2.05, 4.69) is 15.6 Å². The average Bonchev–Trinajstić information content (AvgIpc) is 2.66. The molecule has 0 spiro atoms. The number of hydrogen-bond acceptors (Lipinski definition) is 4. The largest absolute Gasteiger partial charge is 0.395 e. The van der Waals surface area contributed by atoms with Crippen molar-refractivity contribution in [2.75, 3.05) is 23.8 Å². The molecule has 2 aliphatic carbocycles. The molecule has 0 atom stereocenters. The Morgan fingerprint density at radius 3 is 2.78 bits per heavy atom. The van der Waals surface area contributed by atoms with E-state index in [1.807, 2.05) is 30.3 Å². The molecule has 0 saturated heterocycles. The SMILES string of the molecule is O=C(CC12CCCC(CCC1)C2)Nc1cccc2nc(NCCO)ccc12. The van der Waals surface area contributed by atoms with Crippen LogP contribution in [-0.4, -0.2) is 29.1 Å². The number of nitrogens with zero attached hydrogens (tertiary/aromatic N) is 1. The van der Waals surface area contributed by atoms with Gasteiger partial charge in [-0.1, -0.05) is 31.7 Å². The molecule has 2 bridgehead atoms. The van der Waals surface area contributed by atoms with Gasteiger partial charge in [0.2, 0.25) is 5.91 Å². The first-order valence-corrected chi connectivity index (χ1v) is 10.2. The first-order valence-electron chi connectivity index (χ1n) is 10.2. The lowest BCUT2D eigenvalue weighted by atomic mass is 9.60. The molecule has 5 heteroatoms. The van der Waals surface area contributed by atoms with E-state index < -0.39 is 0 Å². The molecule has 5 nitrogen and oxygen atoms in total. The highest BCUT2D eigenvalue weighted by atomic mass is 16.3. The number of anilines is 2. The lowest BCUT2D eigenvalue weighted by Gasteiger charge is -2.45. The molecule has 2 saturated carbocycles. The second kappa shape index (κ2) is 7.85. The number of hydrogen-bond donors (Lipinski definition) is 3. The Kier molecular flexibility index (Phi) is 5.30. The van der Waals surface area contributed by atoms with Crippen LogP contribution in [0.4, 0.5) is 11.5 Å². The molecule has 4 rings (SSSR count). The summed E-state index contributed by atoms with van der Waals surface area (Å²) >= 11 is 0.